The zero-order valence-electron chi connectivity index (χ0n) is 28.2. The Morgan fingerprint density at radius 3 is 2.06 bits per heavy atom. The van der Waals surface area contributed by atoms with Crippen molar-refractivity contribution in [2.24, 2.45) is 5.92 Å². The fourth-order valence-corrected chi connectivity index (χ4v) is 8.77. The Hall–Kier alpha value is -5.02. The third-order valence-corrected chi connectivity index (χ3v) is 11.3. The van der Waals surface area contributed by atoms with Gasteiger partial charge in [0.15, 0.2) is 0 Å². The Morgan fingerprint density at radius 2 is 1.33 bits per heavy atom. The van der Waals surface area contributed by atoms with Gasteiger partial charge in [-0.2, -0.15) is 0 Å². The second-order valence-corrected chi connectivity index (χ2v) is 14.5. The van der Waals surface area contributed by atoms with Crippen LogP contribution in [0.3, 0.4) is 0 Å². The van der Waals surface area contributed by atoms with E-state index in [4.69, 9.17) is 0 Å². The Balaban J connectivity index is 1.10. The van der Waals surface area contributed by atoms with Crippen LogP contribution in [0.2, 0.25) is 0 Å². The normalized spacial score (nSPS) is 22.4. The van der Waals surface area contributed by atoms with Crippen molar-refractivity contribution in [3.63, 3.8) is 0 Å². The minimum absolute atomic E-state index is 0.0740. The van der Waals surface area contributed by atoms with Gasteiger partial charge in [0.2, 0.25) is 0 Å². The molecule has 4 unspecified atom stereocenters. The minimum atomic E-state index is -0.138. The van der Waals surface area contributed by atoms with Crippen molar-refractivity contribution in [2.75, 3.05) is 0 Å². The predicted molar refractivity (Wildman–Crippen MR) is 205 cm³/mol. The molecule has 240 valence electrons. The molecule has 1 aliphatic heterocycles. The van der Waals surface area contributed by atoms with E-state index in [0.29, 0.717) is 12.0 Å². The Labute approximate surface area is 290 Å². The molecule has 0 saturated carbocycles. The fourth-order valence-electron chi connectivity index (χ4n) is 8.77. The van der Waals surface area contributed by atoms with Crippen molar-refractivity contribution in [3.05, 3.63) is 186 Å². The maximum atomic E-state index is 4.05. The zero-order chi connectivity index (χ0) is 33.0. The number of rotatable bonds is 5. The first-order valence-corrected chi connectivity index (χ1v) is 17.8. The molecular weight excluding hydrogens is 593 g/mol. The topological polar surface area (TPSA) is 24.1 Å². The van der Waals surface area contributed by atoms with E-state index in [-0.39, 0.29) is 17.6 Å². The molecule has 4 atom stereocenters. The van der Waals surface area contributed by atoms with Crippen LogP contribution in [0.4, 0.5) is 0 Å². The summed E-state index contributed by atoms with van der Waals surface area (Å²) in [6.45, 7) is 4.86. The first kappa shape index (κ1) is 30.1. The van der Waals surface area contributed by atoms with Crippen LogP contribution in [0.15, 0.2) is 158 Å². The molecule has 49 heavy (non-hydrogen) atoms. The van der Waals surface area contributed by atoms with Crippen LogP contribution in [0.25, 0.3) is 38.6 Å². The van der Waals surface area contributed by atoms with Crippen LogP contribution in [-0.2, 0) is 5.41 Å². The highest BCUT2D eigenvalue weighted by Crippen LogP contribution is 2.55. The lowest BCUT2D eigenvalue weighted by Crippen LogP contribution is -2.51. The number of fused-ring (bicyclic) bond motifs is 5. The lowest BCUT2D eigenvalue weighted by Gasteiger charge is -2.41. The summed E-state index contributed by atoms with van der Waals surface area (Å²) in [5, 5.41) is 10.7. The van der Waals surface area contributed by atoms with Gasteiger partial charge in [0.1, 0.15) is 0 Å². The molecule has 1 heterocycles. The van der Waals surface area contributed by atoms with Gasteiger partial charge in [0.25, 0.3) is 0 Å². The van der Waals surface area contributed by atoms with Gasteiger partial charge in [-0.1, -0.05) is 166 Å². The van der Waals surface area contributed by atoms with E-state index in [9.17, 15) is 0 Å². The maximum absolute atomic E-state index is 4.05. The van der Waals surface area contributed by atoms with Crippen molar-refractivity contribution in [3.8, 4) is 22.3 Å². The second kappa shape index (κ2) is 12.1. The van der Waals surface area contributed by atoms with Gasteiger partial charge in [0, 0.05) is 17.5 Å². The number of hydrogen-bond donors (Lipinski definition) is 2. The summed E-state index contributed by atoms with van der Waals surface area (Å²) < 4.78 is 0. The molecule has 1 fully saturated rings. The average Bonchev–Trinajstić information content (AvgIpc) is 3.41. The lowest BCUT2D eigenvalue weighted by atomic mass is 9.78. The van der Waals surface area contributed by atoms with Crippen LogP contribution in [0, 0.1) is 5.92 Å². The van der Waals surface area contributed by atoms with E-state index in [1.54, 1.807) is 0 Å². The Kier molecular flexibility index (Phi) is 7.45. The Morgan fingerprint density at radius 1 is 0.633 bits per heavy atom. The lowest BCUT2D eigenvalue weighted by molar-refractivity contribution is 0.212. The summed E-state index contributed by atoms with van der Waals surface area (Å²) in [7, 11) is 0. The van der Waals surface area contributed by atoms with Crippen LogP contribution < -0.4 is 10.6 Å². The maximum Gasteiger partial charge on any atom is 0.0842 e. The summed E-state index contributed by atoms with van der Waals surface area (Å²) in [5.74, 6) is 0.429. The molecule has 2 N–H and O–H groups in total. The van der Waals surface area contributed by atoms with Crippen molar-refractivity contribution >= 4 is 16.3 Å². The first-order chi connectivity index (χ1) is 24.0. The van der Waals surface area contributed by atoms with Gasteiger partial charge in [-0.3, -0.25) is 10.6 Å². The highest BCUT2D eigenvalue weighted by atomic mass is 15.2. The summed E-state index contributed by atoms with van der Waals surface area (Å²) in [6.07, 6.45) is 9.35. The van der Waals surface area contributed by atoms with E-state index in [0.717, 1.165) is 12.8 Å². The average molecular weight is 635 g/mol. The molecule has 6 aromatic carbocycles. The van der Waals surface area contributed by atoms with Crippen LogP contribution >= 0.6 is 0 Å². The van der Waals surface area contributed by atoms with E-state index in [2.05, 4.69) is 182 Å². The van der Waals surface area contributed by atoms with Gasteiger partial charge in [-0.15, -0.1) is 0 Å². The standard InChI is InChI=1S/C47H42N2/c1-47(2)41-29-37(26-27-39(41)44-40(33-16-8-4-9-17-33)28-36-20-12-13-21-38(36)45(44)47)43-30-42(48-46(49-43)35-18-10-5-11-19-35)34-24-22-32(23-25-34)31-14-6-3-7-15-31/h3-24,26-29,34,42-43,46,48-49H,25,30H2,1-2H3. The number of allylic oxidation sites excluding steroid dienone is 3. The largest absolute Gasteiger partial charge is 0.295 e. The SMILES string of the molecule is CC1(C)c2cc(C3CC(C4C=CC(c5ccccc5)=CC4)NC(c4ccccc4)N3)ccc2-c2c(-c3ccccc3)cc3ccccc3c21. The van der Waals surface area contributed by atoms with Crippen molar-refractivity contribution in [1.29, 1.82) is 0 Å². The predicted octanol–water partition coefficient (Wildman–Crippen LogP) is 11.2. The third kappa shape index (κ3) is 5.27. The first-order valence-electron chi connectivity index (χ1n) is 17.8. The van der Waals surface area contributed by atoms with Gasteiger partial charge in [-0.25, -0.2) is 0 Å². The quantitative estimate of drug-likeness (QED) is 0.197. The number of hydrogen-bond acceptors (Lipinski definition) is 2. The third-order valence-electron chi connectivity index (χ3n) is 11.3. The van der Waals surface area contributed by atoms with E-state index < -0.39 is 0 Å². The molecule has 2 nitrogen and oxygen atoms in total. The van der Waals surface area contributed by atoms with Crippen molar-refractivity contribution in [2.45, 2.75) is 50.4 Å². The van der Waals surface area contributed by atoms with Crippen LogP contribution in [0.5, 0.6) is 0 Å². The Bertz CT molecular complexity index is 2210. The summed E-state index contributed by atoms with van der Waals surface area (Å²) in [4.78, 5) is 0. The van der Waals surface area contributed by atoms with Crippen molar-refractivity contribution < 1.29 is 0 Å². The highest BCUT2D eigenvalue weighted by Gasteiger charge is 2.40. The van der Waals surface area contributed by atoms with Gasteiger partial charge in [-0.05, 0) is 91.2 Å². The van der Waals surface area contributed by atoms with Gasteiger partial charge < -0.3 is 0 Å². The summed E-state index contributed by atoms with van der Waals surface area (Å²) >= 11 is 0. The molecule has 0 amide bonds. The van der Waals surface area contributed by atoms with Gasteiger partial charge in [0.05, 0.1) is 6.17 Å². The molecular formula is C47H42N2. The molecule has 3 aliphatic rings. The smallest absolute Gasteiger partial charge is 0.0842 e. The molecule has 2 aliphatic carbocycles. The molecule has 0 spiro atoms. The summed E-state index contributed by atoms with van der Waals surface area (Å²) in [5.41, 5.74) is 13.4. The second-order valence-electron chi connectivity index (χ2n) is 14.5. The molecule has 0 aromatic heterocycles. The summed E-state index contributed by atoms with van der Waals surface area (Å²) in [6, 6.07) is 51.8. The molecule has 0 bridgehead atoms. The monoisotopic (exact) mass is 634 g/mol. The van der Waals surface area contributed by atoms with Crippen LogP contribution in [0.1, 0.15) is 66.7 Å². The van der Waals surface area contributed by atoms with E-state index in [1.165, 1.54) is 66.4 Å². The minimum Gasteiger partial charge on any atom is -0.295 e. The van der Waals surface area contributed by atoms with Crippen LogP contribution in [-0.4, -0.2) is 6.04 Å². The molecule has 6 aromatic rings. The highest BCUT2D eigenvalue weighted by molar-refractivity contribution is 6.04. The van der Waals surface area contributed by atoms with E-state index in [1.807, 2.05) is 0 Å². The fraction of sp³-hybridized carbons (Fsp3) is 0.191. The van der Waals surface area contributed by atoms with E-state index >= 15 is 0 Å². The molecule has 9 rings (SSSR count). The number of benzene rings is 6. The molecule has 1 saturated heterocycles. The van der Waals surface area contributed by atoms with Crippen molar-refractivity contribution in [1.82, 2.24) is 10.6 Å². The van der Waals surface area contributed by atoms with Gasteiger partial charge >= 0.3 is 0 Å². The number of nitrogens with one attached hydrogen (secondary N) is 2. The molecule has 0 radical (unpaired) electrons. The molecule has 2 heteroatoms. The zero-order valence-corrected chi connectivity index (χ0v) is 28.2.